The fourth-order valence-electron chi connectivity index (χ4n) is 4.90. The fourth-order valence-corrected chi connectivity index (χ4v) is 4.90. The van der Waals surface area contributed by atoms with Crippen molar-refractivity contribution < 1.29 is 24.2 Å². The average Bonchev–Trinajstić information content (AvgIpc) is 3.19. The van der Waals surface area contributed by atoms with E-state index in [4.69, 9.17) is 4.74 Å². The van der Waals surface area contributed by atoms with E-state index in [1.807, 2.05) is 43.3 Å². The Balaban J connectivity index is 1.17. The molecule has 0 saturated heterocycles. The van der Waals surface area contributed by atoms with Crippen LogP contribution in [-0.4, -0.2) is 42.3 Å². The Labute approximate surface area is 205 Å². The van der Waals surface area contributed by atoms with Gasteiger partial charge in [-0.25, -0.2) is 4.79 Å². The maximum Gasteiger partial charge on any atom is 0.407 e. The van der Waals surface area contributed by atoms with Crippen LogP contribution in [0.25, 0.3) is 11.1 Å². The number of alkyl carbamates (subject to hydrolysis) is 1. The zero-order chi connectivity index (χ0) is 24.8. The van der Waals surface area contributed by atoms with Gasteiger partial charge < -0.3 is 20.5 Å². The van der Waals surface area contributed by atoms with E-state index in [2.05, 4.69) is 34.9 Å². The Morgan fingerprint density at radius 2 is 1.71 bits per heavy atom. The topological polar surface area (TPSA) is 105 Å². The van der Waals surface area contributed by atoms with Crippen molar-refractivity contribution in [1.29, 1.82) is 0 Å². The van der Waals surface area contributed by atoms with Crippen molar-refractivity contribution >= 4 is 18.0 Å². The van der Waals surface area contributed by atoms with Crippen LogP contribution in [0.4, 0.5) is 4.79 Å². The highest BCUT2D eigenvalue weighted by molar-refractivity contribution is 5.80. The number of hydrogen-bond acceptors (Lipinski definition) is 4. The van der Waals surface area contributed by atoms with Gasteiger partial charge in [-0.3, -0.25) is 9.59 Å². The number of benzene rings is 2. The third-order valence-electron chi connectivity index (χ3n) is 6.88. The molecule has 0 aromatic heterocycles. The first-order valence-electron chi connectivity index (χ1n) is 12.2. The molecule has 2 aromatic rings. The second kappa shape index (κ2) is 11.2. The van der Waals surface area contributed by atoms with Gasteiger partial charge in [0.25, 0.3) is 0 Å². The van der Waals surface area contributed by atoms with E-state index in [-0.39, 0.29) is 30.4 Å². The van der Waals surface area contributed by atoms with E-state index in [1.54, 1.807) is 0 Å². The van der Waals surface area contributed by atoms with E-state index < -0.39 is 18.0 Å². The Kier molecular flexibility index (Phi) is 7.85. The minimum Gasteiger partial charge on any atom is -0.481 e. The van der Waals surface area contributed by atoms with Crippen LogP contribution in [0.5, 0.6) is 0 Å². The van der Waals surface area contributed by atoms with Gasteiger partial charge in [-0.2, -0.15) is 0 Å². The zero-order valence-corrected chi connectivity index (χ0v) is 19.9. The van der Waals surface area contributed by atoms with Crippen molar-refractivity contribution in [1.82, 2.24) is 10.6 Å². The molecule has 2 aliphatic carbocycles. The molecule has 0 heterocycles. The van der Waals surface area contributed by atoms with Gasteiger partial charge in [0, 0.05) is 24.4 Å². The van der Waals surface area contributed by atoms with Crippen molar-refractivity contribution in [2.75, 3.05) is 13.2 Å². The van der Waals surface area contributed by atoms with Crippen LogP contribution in [0.3, 0.4) is 0 Å². The van der Waals surface area contributed by atoms with E-state index >= 15 is 0 Å². The second-order valence-electron chi connectivity index (χ2n) is 9.35. The number of rotatable bonds is 9. The first-order chi connectivity index (χ1) is 16.9. The van der Waals surface area contributed by atoms with Gasteiger partial charge >= 0.3 is 12.1 Å². The van der Waals surface area contributed by atoms with Gasteiger partial charge in [0.15, 0.2) is 0 Å². The molecule has 4 rings (SSSR count). The molecule has 35 heavy (non-hydrogen) atoms. The third-order valence-corrected chi connectivity index (χ3v) is 6.88. The average molecular weight is 477 g/mol. The molecule has 184 valence electrons. The van der Waals surface area contributed by atoms with Crippen LogP contribution in [0.15, 0.2) is 60.7 Å². The minimum absolute atomic E-state index is 0.0198. The lowest BCUT2D eigenvalue weighted by atomic mass is 9.90. The number of aliphatic carboxylic acids is 1. The molecule has 0 bridgehead atoms. The van der Waals surface area contributed by atoms with Crippen molar-refractivity contribution in [3.05, 3.63) is 71.8 Å². The van der Waals surface area contributed by atoms with Gasteiger partial charge in [0.05, 0.1) is 5.92 Å². The zero-order valence-electron chi connectivity index (χ0n) is 19.9. The van der Waals surface area contributed by atoms with Crippen LogP contribution in [0, 0.1) is 11.8 Å². The SMILES string of the molecule is CC(CCCNC(=O)OCC1c2ccccc2-c2ccccc21)C(=O)N[C@H]1C=CC[C@H](C(=O)O)C1. The lowest BCUT2D eigenvalue weighted by Crippen LogP contribution is -2.40. The minimum atomic E-state index is -0.832. The molecule has 2 aliphatic rings. The summed E-state index contributed by atoms with van der Waals surface area (Å²) in [5, 5.41) is 14.9. The van der Waals surface area contributed by atoms with Crippen LogP contribution < -0.4 is 10.6 Å². The maximum absolute atomic E-state index is 12.5. The second-order valence-corrected chi connectivity index (χ2v) is 9.35. The van der Waals surface area contributed by atoms with E-state index in [0.717, 1.165) is 0 Å². The van der Waals surface area contributed by atoms with Gasteiger partial charge in [-0.05, 0) is 47.9 Å². The summed E-state index contributed by atoms with van der Waals surface area (Å²) in [4.78, 5) is 35.9. The summed E-state index contributed by atoms with van der Waals surface area (Å²) in [5.74, 6) is -1.61. The summed E-state index contributed by atoms with van der Waals surface area (Å²) < 4.78 is 5.54. The van der Waals surface area contributed by atoms with Crippen molar-refractivity contribution in [2.45, 2.75) is 44.6 Å². The smallest absolute Gasteiger partial charge is 0.407 e. The molecule has 0 saturated carbocycles. The van der Waals surface area contributed by atoms with Crippen LogP contribution in [-0.2, 0) is 14.3 Å². The van der Waals surface area contributed by atoms with Gasteiger partial charge in [-0.1, -0.05) is 67.6 Å². The lowest BCUT2D eigenvalue weighted by molar-refractivity contribution is -0.142. The van der Waals surface area contributed by atoms with Gasteiger partial charge in [-0.15, -0.1) is 0 Å². The molecule has 7 nitrogen and oxygen atoms in total. The first kappa shape index (κ1) is 24.5. The van der Waals surface area contributed by atoms with Crippen LogP contribution in [0.2, 0.25) is 0 Å². The summed E-state index contributed by atoms with van der Waals surface area (Å²) in [6.07, 6.45) is 5.37. The Hall–Kier alpha value is -3.61. The van der Waals surface area contributed by atoms with Crippen molar-refractivity contribution in [3.63, 3.8) is 0 Å². The fraction of sp³-hybridized carbons (Fsp3) is 0.393. The summed E-state index contributed by atoms with van der Waals surface area (Å²) in [7, 11) is 0. The monoisotopic (exact) mass is 476 g/mol. The molecule has 0 radical (unpaired) electrons. The molecule has 7 heteroatoms. The number of nitrogens with one attached hydrogen (secondary N) is 2. The third kappa shape index (κ3) is 5.91. The molecular weight excluding hydrogens is 444 g/mol. The predicted molar refractivity (Wildman–Crippen MR) is 133 cm³/mol. The van der Waals surface area contributed by atoms with Gasteiger partial charge in [0.2, 0.25) is 5.91 Å². The molecule has 0 aliphatic heterocycles. The number of carboxylic acids is 1. The molecule has 2 amide bonds. The molecule has 0 spiro atoms. The van der Waals surface area contributed by atoms with Gasteiger partial charge in [0.1, 0.15) is 6.61 Å². The van der Waals surface area contributed by atoms with Crippen LogP contribution >= 0.6 is 0 Å². The van der Waals surface area contributed by atoms with E-state index in [0.29, 0.717) is 32.2 Å². The number of carbonyl (C=O) groups excluding carboxylic acids is 2. The van der Waals surface area contributed by atoms with Crippen molar-refractivity contribution in [3.8, 4) is 11.1 Å². The number of carboxylic acid groups (broad SMARTS) is 1. The quantitative estimate of drug-likeness (QED) is 0.366. The molecule has 3 N–H and O–H groups in total. The van der Waals surface area contributed by atoms with E-state index in [9.17, 15) is 19.5 Å². The normalized spacial score (nSPS) is 19.3. The standard InChI is InChI=1S/C28H32N2O5/c1-18(26(31)30-20-10-6-9-19(16-20)27(32)33)8-7-15-29-28(34)35-17-25-23-13-4-2-11-21(23)22-12-3-5-14-24(22)25/h2-6,10-14,18-20,25H,7-9,15-17H2,1H3,(H,29,34)(H,30,31)(H,32,33)/t18?,19-,20-/m0/s1. The molecule has 1 unspecified atom stereocenters. The molecule has 3 atom stereocenters. The largest absolute Gasteiger partial charge is 0.481 e. The lowest BCUT2D eigenvalue weighted by Gasteiger charge is -2.24. The summed E-state index contributed by atoms with van der Waals surface area (Å²) in [6, 6.07) is 16.2. The Morgan fingerprint density at radius 1 is 1.06 bits per heavy atom. The highest BCUT2D eigenvalue weighted by atomic mass is 16.5. The molecule has 0 fully saturated rings. The Morgan fingerprint density at radius 3 is 2.37 bits per heavy atom. The molecule has 2 aromatic carbocycles. The highest BCUT2D eigenvalue weighted by Crippen LogP contribution is 2.44. The highest BCUT2D eigenvalue weighted by Gasteiger charge is 2.29. The number of fused-ring (bicyclic) bond motifs is 3. The summed E-state index contributed by atoms with van der Waals surface area (Å²) >= 11 is 0. The number of amides is 2. The first-order valence-corrected chi connectivity index (χ1v) is 12.2. The number of carbonyl (C=O) groups is 3. The number of ether oxygens (including phenoxy) is 1. The predicted octanol–water partition coefficient (Wildman–Crippen LogP) is 4.48. The number of allylic oxidation sites excluding steroid dienone is 1. The number of hydrogen-bond donors (Lipinski definition) is 3. The van der Waals surface area contributed by atoms with Crippen LogP contribution in [0.1, 0.15) is 49.7 Å². The van der Waals surface area contributed by atoms with Crippen molar-refractivity contribution in [2.24, 2.45) is 11.8 Å². The van der Waals surface area contributed by atoms with E-state index in [1.165, 1.54) is 22.3 Å². The molecular formula is C28H32N2O5. The summed E-state index contributed by atoms with van der Waals surface area (Å²) in [6.45, 7) is 2.52. The maximum atomic E-state index is 12.5. The Bertz CT molecular complexity index is 1070. The summed E-state index contributed by atoms with van der Waals surface area (Å²) in [5.41, 5.74) is 4.71.